The molecule has 2 aromatic carbocycles. The van der Waals surface area contributed by atoms with Crippen LogP contribution in [0.25, 0.3) is 0 Å². The lowest BCUT2D eigenvalue weighted by Crippen LogP contribution is -2.49. The van der Waals surface area contributed by atoms with Gasteiger partial charge in [-0.15, -0.1) is 0 Å². The number of carbonyl (C=O) groups excluding carboxylic acids is 2. The van der Waals surface area contributed by atoms with E-state index in [4.69, 9.17) is 27.9 Å². The number of nitrogens with one attached hydrogen (secondary N) is 3. The summed E-state index contributed by atoms with van der Waals surface area (Å²) in [5.41, 5.74) is 0.486. The first kappa shape index (κ1) is 28.3. The first-order valence-electron chi connectivity index (χ1n) is 13.4. The number of hydrogen-bond donors (Lipinski definition) is 3. The van der Waals surface area contributed by atoms with Crippen molar-refractivity contribution in [2.24, 2.45) is 5.41 Å². The van der Waals surface area contributed by atoms with Gasteiger partial charge in [-0.3, -0.25) is 14.5 Å². The Morgan fingerprint density at radius 3 is 2.59 bits per heavy atom. The molecule has 2 fully saturated rings. The zero-order chi connectivity index (χ0) is 27.9. The molecule has 0 saturated carbocycles. The Hall–Kier alpha value is -2.23. The second-order valence-electron chi connectivity index (χ2n) is 11.9. The maximum absolute atomic E-state index is 14.8. The van der Waals surface area contributed by atoms with Crippen molar-refractivity contribution in [1.29, 1.82) is 0 Å². The van der Waals surface area contributed by atoms with Crippen molar-refractivity contribution in [3.63, 3.8) is 0 Å². The van der Waals surface area contributed by atoms with E-state index in [1.54, 1.807) is 18.2 Å². The topological polar surface area (TPSA) is 82.7 Å². The number of anilines is 1. The maximum atomic E-state index is 14.8. The molecule has 39 heavy (non-hydrogen) atoms. The normalized spacial score (nSPS) is 27.0. The van der Waals surface area contributed by atoms with Crippen molar-refractivity contribution in [3.8, 4) is 0 Å². The van der Waals surface area contributed by atoms with Gasteiger partial charge in [-0.2, -0.15) is 0 Å². The number of carbonyl (C=O) groups is 2. The fourth-order valence-corrected chi connectivity index (χ4v) is 6.85. The second kappa shape index (κ2) is 11.0. The molecule has 3 aliphatic rings. The van der Waals surface area contributed by atoms with E-state index in [9.17, 15) is 14.0 Å². The highest BCUT2D eigenvalue weighted by atomic mass is 35.5. The number of fused-ring (bicyclic) bond motifs is 2. The number of halogens is 3. The van der Waals surface area contributed by atoms with Crippen molar-refractivity contribution in [2.45, 2.75) is 50.6 Å². The molecule has 10 heteroatoms. The van der Waals surface area contributed by atoms with Gasteiger partial charge in [-0.05, 0) is 53.3 Å². The Balaban J connectivity index is 1.58. The van der Waals surface area contributed by atoms with Crippen LogP contribution in [0.3, 0.4) is 0 Å². The van der Waals surface area contributed by atoms with Crippen LogP contribution in [-0.2, 0) is 19.7 Å². The molecule has 0 unspecified atom stereocenters. The summed E-state index contributed by atoms with van der Waals surface area (Å²) in [4.78, 5) is 30.2. The lowest BCUT2D eigenvalue weighted by atomic mass is 9.62. The summed E-state index contributed by atoms with van der Waals surface area (Å²) in [5, 5.41) is 10.3. The fraction of sp³-hybridized carbons (Fsp3) is 0.517. The Morgan fingerprint density at radius 2 is 1.90 bits per heavy atom. The van der Waals surface area contributed by atoms with Crippen molar-refractivity contribution in [2.75, 3.05) is 44.7 Å². The standard InChI is InChI=1S/C29H35Cl2FN4O3/c1-28(2,3)16-23-29(21-5-4-18(30)15-22(21)34-27(29)38)24(17-12-19(31)14-20(32)13-17)25(35-23)26(37)33-6-7-36-8-10-39-11-9-36/h4-5,12-15,23-25,35H,6-11,16H2,1-3H3,(H,33,37)(H,34,38)/t23-,24+,25-,29+/m1/s1. The van der Waals surface area contributed by atoms with E-state index in [0.717, 1.165) is 18.7 Å². The quantitative estimate of drug-likeness (QED) is 0.477. The van der Waals surface area contributed by atoms with Gasteiger partial charge in [0.1, 0.15) is 11.2 Å². The van der Waals surface area contributed by atoms with Crippen LogP contribution in [0.4, 0.5) is 10.1 Å². The summed E-state index contributed by atoms with van der Waals surface area (Å²) in [5.74, 6) is -1.72. The molecule has 5 rings (SSSR count). The molecule has 3 N–H and O–H groups in total. The van der Waals surface area contributed by atoms with Gasteiger partial charge in [-0.25, -0.2) is 4.39 Å². The van der Waals surface area contributed by atoms with E-state index in [1.165, 1.54) is 12.1 Å². The molecule has 3 aliphatic heterocycles. The van der Waals surface area contributed by atoms with Gasteiger partial charge in [0, 0.05) is 53.9 Å². The number of hydrogen-bond acceptors (Lipinski definition) is 5. The molecule has 2 amide bonds. The Morgan fingerprint density at radius 1 is 1.15 bits per heavy atom. The molecule has 0 aromatic heterocycles. The summed E-state index contributed by atoms with van der Waals surface area (Å²) in [6.45, 7) is 10.4. The zero-order valence-corrected chi connectivity index (χ0v) is 24.0. The van der Waals surface area contributed by atoms with Crippen LogP contribution < -0.4 is 16.0 Å². The SMILES string of the molecule is CC(C)(C)C[C@H]1N[C@@H](C(=O)NCCN2CCOCC2)[C@H](c2cc(F)cc(Cl)c2)[C@@]12C(=O)Nc1cc(Cl)ccc12. The highest BCUT2D eigenvalue weighted by Crippen LogP contribution is 2.56. The number of morpholine rings is 1. The van der Waals surface area contributed by atoms with Gasteiger partial charge >= 0.3 is 0 Å². The van der Waals surface area contributed by atoms with Crippen LogP contribution in [0, 0.1) is 11.2 Å². The predicted octanol–water partition coefficient (Wildman–Crippen LogP) is 4.33. The molecule has 4 atom stereocenters. The van der Waals surface area contributed by atoms with Crippen LogP contribution in [0.2, 0.25) is 10.0 Å². The van der Waals surface area contributed by atoms with Gasteiger partial charge in [0.2, 0.25) is 11.8 Å². The van der Waals surface area contributed by atoms with E-state index in [1.807, 2.05) is 6.07 Å². The van der Waals surface area contributed by atoms with E-state index < -0.39 is 29.2 Å². The Kier molecular flexibility index (Phi) is 7.97. The highest BCUT2D eigenvalue weighted by molar-refractivity contribution is 6.31. The minimum absolute atomic E-state index is 0.175. The van der Waals surface area contributed by atoms with Gasteiger partial charge < -0.3 is 20.7 Å². The molecule has 210 valence electrons. The molecule has 2 aromatic rings. The van der Waals surface area contributed by atoms with Gasteiger partial charge in [0.05, 0.1) is 19.3 Å². The molecular weight excluding hydrogens is 542 g/mol. The monoisotopic (exact) mass is 576 g/mol. The number of benzene rings is 2. The highest BCUT2D eigenvalue weighted by Gasteiger charge is 2.65. The molecule has 1 spiro atoms. The largest absolute Gasteiger partial charge is 0.379 e. The molecule has 0 aliphatic carbocycles. The maximum Gasteiger partial charge on any atom is 0.237 e. The summed E-state index contributed by atoms with van der Waals surface area (Å²) >= 11 is 12.6. The molecule has 0 bridgehead atoms. The number of nitrogens with zero attached hydrogens (tertiary/aromatic N) is 1. The number of ether oxygens (including phenoxy) is 1. The van der Waals surface area contributed by atoms with Crippen LogP contribution in [-0.4, -0.2) is 68.2 Å². The van der Waals surface area contributed by atoms with Gasteiger partial charge in [0.15, 0.2) is 0 Å². The molecule has 7 nitrogen and oxygen atoms in total. The van der Waals surface area contributed by atoms with Crippen LogP contribution in [0.1, 0.15) is 44.2 Å². The number of rotatable bonds is 6. The first-order valence-corrected chi connectivity index (χ1v) is 14.2. The van der Waals surface area contributed by atoms with Crippen molar-refractivity contribution in [3.05, 3.63) is 63.4 Å². The average molecular weight is 578 g/mol. The molecule has 0 radical (unpaired) electrons. The third-order valence-corrected chi connectivity index (χ3v) is 8.43. The summed E-state index contributed by atoms with van der Waals surface area (Å²) in [6.07, 6.45) is 0.597. The Labute approximate surface area is 238 Å². The predicted molar refractivity (Wildman–Crippen MR) is 151 cm³/mol. The fourth-order valence-electron chi connectivity index (χ4n) is 6.45. The third kappa shape index (κ3) is 5.55. The summed E-state index contributed by atoms with van der Waals surface area (Å²) < 4.78 is 20.2. The van der Waals surface area contributed by atoms with E-state index in [2.05, 4.69) is 41.6 Å². The zero-order valence-electron chi connectivity index (χ0n) is 22.5. The van der Waals surface area contributed by atoms with Crippen molar-refractivity contribution in [1.82, 2.24) is 15.5 Å². The average Bonchev–Trinajstić information content (AvgIpc) is 3.33. The van der Waals surface area contributed by atoms with Crippen molar-refractivity contribution < 1.29 is 18.7 Å². The molecular formula is C29H35Cl2FN4O3. The Bertz CT molecular complexity index is 1240. The lowest BCUT2D eigenvalue weighted by molar-refractivity contribution is -0.124. The molecule has 3 heterocycles. The van der Waals surface area contributed by atoms with Crippen LogP contribution >= 0.6 is 23.2 Å². The summed E-state index contributed by atoms with van der Waals surface area (Å²) in [7, 11) is 0. The summed E-state index contributed by atoms with van der Waals surface area (Å²) in [6, 6.07) is 8.38. The van der Waals surface area contributed by atoms with Crippen molar-refractivity contribution >= 4 is 40.7 Å². The minimum atomic E-state index is -1.18. The third-order valence-electron chi connectivity index (χ3n) is 7.98. The van der Waals surface area contributed by atoms with Gasteiger partial charge in [0.25, 0.3) is 0 Å². The minimum Gasteiger partial charge on any atom is -0.379 e. The van der Waals surface area contributed by atoms with Crippen LogP contribution in [0.5, 0.6) is 0 Å². The van der Waals surface area contributed by atoms with E-state index in [-0.39, 0.29) is 22.3 Å². The lowest BCUT2D eigenvalue weighted by Gasteiger charge is -2.37. The second-order valence-corrected chi connectivity index (χ2v) is 12.8. The smallest absolute Gasteiger partial charge is 0.237 e. The van der Waals surface area contributed by atoms with Crippen LogP contribution in [0.15, 0.2) is 36.4 Å². The van der Waals surface area contributed by atoms with E-state index in [0.29, 0.717) is 49.0 Å². The number of amides is 2. The van der Waals surface area contributed by atoms with Gasteiger partial charge in [-0.1, -0.05) is 50.0 Å². The molecule has 2 saturated heterocycles. The van der Waals surface area contributed by atoms with E-state index >= 15 is 0 Å². The first-order chi connectivity index (χ1) is 18.5.